The molecule has 2 bridgehead atoms. The minimum absolute atomic E-state index is 0.00587. The molecule has 4 aromatic rings. The maximum Gasteiger partial charge on any atom is 0.254 e. The Morgan fingerprint density at radius 2 is 1.95 bits per heavy atom. The smallest absolute Gasteiger partial charge is 0.254 e. The predicted molar refractivity (Wildman–Crippen MR) is 143 cm³/mol. The summed E-state index contributed by atoms with van der Waals surface area (Å²) in [4.78, 5) is 33.6. The number of hydrogen-bond donors (Lipinski definition) is 1. The van der Waals surface area contributed by atoms with Crippen LogP contribution in [0.3, 0.4) is 0 Å². The van der Waals surface area contributed by atoms with E-state index in [0.29, 0.717) is 57.6 Å². The molecule has 4 fully saturated rings. The van der Waals surface area contributed by atoms with E-state index in [-0.39, 0.29) is 11.5 Å². The first-order valence-electron chi connectivity index (χ1n) is 13.0. The van der Waals surface area contributed by atoms with E-state index in [1.807, 2.05) is 40.7 Å². The van der Waals surface area contributed by atoms with Crippen LogP contribution in [0.1, 0.15) is 47.8 Å². The first-order chi connectivity index (χ1) is 18.3. The van der Waals surface area contributed by atoms with Gasteiger partial charge in [-0.1, -0.05) is 11.6 Å². The maximum atomic E-state index is 13.2. The van der Waals surface area contributed by atoms with Crippen molar-refractivity contribution in [1.29, 1.82) is 0 Å². The standard InChI is InChI=1S/C28H28ClN7O2/c1-16-5-8-30-18(9-16)14-36-24(34-23-25(36)31-15-32-26(23)38-28(2)6-7-28)21-4-3-17(10-22(21)29)27(37)35-12-19-11-20(13-35)33-19/h3-5,8-10,15,19-20,33H,6-7,11-14H2,1-2H3. The van der Waals surface area contributed by atoms with Crippen LogP contribution < -0.4 is 10.1 Å². The molecule has 4 aliphatic rings. The summed E-state index contributed by atoms with van der Waals surface area (Å²) in [5.74, 6) is 1.10. The number of fused-ring (bicyclic) bond motifs is 3. The number of piperidine rings is 1. The third-order valence-corrected chi connectivity index (χ3v) is 8.07. The van der Waals surface area contributed by atoms with Crippen LogP contribution >= 0.6 is 11.6 Å². The van der Waals surface area contributed by atoms with E-state index in [1.54, 1.807) is 12.3 Å². The van der Waals surface area contributed by atoms with Gasteiger partial charge in [-0.15, -0.1) is 0 Å². The van der Waals surface area contributed by atoms with E-state index < -0.39 is 0 Å². The van der Waals surface area contributed by atoms with Gasteiger partial charge in [0.05, 0.1) is 17.3 Å². The van der Waals surface area contributed by atoms with Crippen molar-refractivity contribution < 1.29 is 9.53 Å². The van der Waals surface area contributed by atoms with Gasteiger partial charge in [-0.05, 0) is 69.0 Å². The molecule has 3 aliphatic heterocycles. The topological polar surface area (TPSA) is 98.1 Å². The van der Waals surface area contributed by atoms with Crippen molar-refractivity contribution in [2.75, 3.05) is 13.1 Å². The van der Waals surface area contributed by atoms with Crippen LogP contribution in [0, 0.1) is 6.92 Å². The number of halogens is 1. The van der Waals surface area contributed by atoms with Crippen LogP contribution in [0.25, 0.3) is 22.6 Å². The van der Waals surface area contributed by atoms with Crippen molar-refractivity contribution in [2.45, 2.75) is 57.3 Å². The Balaban J connectivity index is 1.29. The Labute approximate surface area is 225 Å². The van der Waals surface area contributed by atoms with Crippen LogP contribution in [-0.4, -0.2) is 66.1 Å². The van der Waals surface area contributed by atoms with E-state index in [2.05, 4.69) is 27.2 Å². The van der Waals surface area contributed by atoms with Gasteiger partial charge in [-0.2, -0.15) is 4.98 Å². The number of amides is 1. The molecule has 2 atom stereocenters. The van der Waals surface area contributed by atoms with Gasteiger partial charge in [0, 0.05) is 42.5 Å². The summed E-state index contributed by atoms with van der Waals surface area (Å²) < 4.78 is 8.22. The number of hydrogen-bond acceptors (Lipinski definition) is 7. The van der Waals surface area contributed by atoms with Gasteiger partial charge in [0.25, 0.3) is 5.91 Å². The molecule has 3 saturated heterocycles. The lowest BCUT2D eigenvalue weighted by atomic mass is 9.91. The summed E-state index contributed by atoms with van der Waals surface area (Å²) in [6.07, 6.45) is 6.42. The zero-order chi connectivity index (χ0) is 26.0. The zero-order valence-corrected chi connectivity index (χ0v) is 22.1. The maximum absolute atomic E-state index is 13.2. The molecule has 10 heteroatoms. The molecule has 6 heterocycles. The Morgan fingerprint density at radius 3 is 2.66 bits per heavy atom. The third-order valence-electron chi connectivity index (χ3n) is 7.75. The molecule has 38 heavy (non-hydrogen) atoms. The summed E-state index contributed by atoms with van der Waals surface area (Å²) in [6.45, 7) is 6.02. The molecule has 1 N–H and O–H groups in total. The molecule has 3 aromatic heterocycles. The van der Waals surface area contributed by atoms with Gasteiger partial charge in [0.2, 0.25) is 5.88 Å². The molecule has 1 amide bonds. The molecule has 194 valence electrons. The number of nitrogens with one attached hydrogen (secondary N) is 1. The minimum atomic E-state index is -0.215. The average molecular weight is 530 g/mol. The largest absolute Gasteiger partial charge is 0.470 e. The van der Waals surface area contributed by atoms with Crippen molar-refractivity contribution in [3.63, 3.8) is 0 Å². The van der Waals surface area contributed by atoms with Crippen molar-refractivity contribution in [3.8, 4) is 17.3 Å². The van der Waals surface area contributed by atoms with E-state index in [1.165, 1.54) is 6.33 Å². The highest BCUT2D eigenvalue weighted by atomic mass is 35.5. The highest BCUT2D eigenvalue weighted by molar-refractivity contribution is 6.33. The quantitative estimate of drug-likeness (QED) is 0.403. The van der Waals surface area contributed by atoms with Gasteiger partial charge in [0.1, 0.15) is 17.8 Å². The normalized spacial score (nSPS) is 21.3. The number of aryl methyl sites for hydroxylation is 1. The minimum Gasteiger partial charge on any atom is -0.470 e. The molecule has 0 spiro atoms. The second-order valence-electron chi connectivity index (χ2n) is 11.0. The number of piperazine rings is 1. The number of pyridine rings is 1. The van der Waals surface area contributed by atoms with Gasteiger partial charge in [-0.3, -0.25) is 9.78 Å². The molecule has 2 unspecified atom stereocenters. The zero-order valence-electron chi connectivity index (χ0n) is 21.3. The summed E-state index contributed by atoms with van der Waals surface area (Å²) >= 11 is 6.85. The lowest BCUT2D eigenvalue weighted by Crippen LogP contribution is -2.67. The number of carbonyl (C=O) groups excluding carboxylic acids is 1. The first-order valence-corrected chi connectivity index (χ1v) is 13.4. The van der Waals surface area contributed by atoms with E-state index in [4.69, 9.17) is 21.3 Å². The van der Waals surface area contributed by atoms with Crippen LogP contribution in [0.2, 0.25) is 5.02 Å². The summed E-state index contributed by atoms with van der Waals surface area (Å²) in [5.41, 5.74) is 4.30. The van der Waals surface area contributed by atoms with Gasteiger partial charge >= 0.3 is 0 Å². The summed E-state index contributed by atoms with van der Waals surface area (Å²) in [6, 6.07) is 10.3. The fourth-order valence-corrected chi connectivity index (χ4v) is 5.66. The Hall–Kier alpha value is -3.56. The van der Waals surface area contributed by atoms with Crippen LogP contribution in [0.4, 0.5) is 0 Å². The molecule has 1 saturated carbocycles. The monoisotopic (exact) mass is 529 g/mol. The second kappa shape index (κ2) is 8.74. The molecule has 1 aliphatic carbocycles. The summed E-state index contributed by atoms with van der Waals surface area (Å²) in [7, 11) is 0. The second-order valence-corrected chi connectivity index (χ2v) is 11.4. The highest BCUT2D eigenvalue weighted by Crippen LogP contribution is 2.41. The fraction of sp³-hybridized carbons (Fsp3) is 0.393. The third kappa shape index (κ3) is 4.19. The number of benzene rings is 1. The molecule has 1 aromatic carbocycles. The van der Waals surface area contributed by atoms with E-state index in [0.717, 1.165) is 43.6 Å². The number of rotatable bonds is 6. The number of aromatic nitrogens is 5. The van der Waals surface area contributed by atoms with Crippen LogP contribution in [0.5, 0.6) is 5.88 Å². The van der Waals surface area contributed by atoms with Crippen molar-refractivity contribution in [3.05, 3.63) is 64.7 Å². The van der Waals surface area contributed by atoms with Crippen LogP contribution in [-0.2, 0) is 6.54 Å². The molecule has 0 radical (unpaired) electrons. The van der Waals surface area contributed by atoms with Crippen LogP contribution in [0.15, 0.2) is 42.9 Å². The predicted octanol–water partition coefficient (Wildman–Crippen LogP) is 4.02. The number of carbonyl (C=O) groups is 1. The number of nitrogens with zero attached hydrogens (tertiary/aromatic N) is 6. The molecule has 8 rings (SSSR count). The Kier molecular flexibility index (Phi) is 5.42. The molecular weight excluding hydrogens is 502 g/mol. The highest BCUT2D eigenvalue weighted by Gasteiger charge is 2.41. The molecular formula is C28H28ClN7O2. The number of ether oxygens (including phenoxy) is 1. The van der Waals surface area contributed by atoms with Crippen molar-refractivity contribution in [2.24, 2.45) is 0 Å². The van der Waals surface area contributed by atoms with E-state index in [9.17, 15) is 4.79 Å². The Bertz CT molecular complexity index is 1560. The number of imidazole rings is 1. The SMILES string of the molecule is Cc1ccnc(Cn2c(-c3ccc(C(=O)N4CC5CC(C4)N5)cc3Cl)nc3c(OC4(C)CC4)ncnc32)c1. The Morgan fingerprint density at radius 1 is 1.16 bits per heavy atom. The molecule has 9 nitrogen and oxygen atoms in total. The van der Waals surface area contributed by atoms with Crippen molar-refractivity contribution >= 4 is 28.7 Å². The summed E-state index contributed by atoms with van der Waals surface area (Å²) in [5, 5.41) is 3.92. The average Bonchev–Trinajstić information content (AvgIpc) is 3.51. The van der Waals surface area contributed by atoms with Gasteiger partial charge in [0.15, 0.2) is 11.2 Å². The fourth-order valence-electron chi connectivity index (χ4n) is 5.40. The lowest BCUT2D eigenvalue weighted by Gasteiger charge is -2.48. The lowest BCUT2D eigenvalue weighted by molar-refractivity contribution is 0.0474. The van der Waals surface area contributed by atoms with Crippen molar-refractivity contribution in [1.82, 2.24) is 34.7 Å². The van der Waals surface area contributed by atoms with Gasteiger partial charge < -0.3 is 19.5 Å². The van der Waals surface area contributed by atoms with E-state index >= 15 is 0 Å². The van der Waals surface area contributed by atoms with Gasteiger partial charge in [-0.25, -0.2) is 9.97 Å². The first kappa shape index (κ1) is 23.5.